The fourth-order valence-corrected chi connectivity index (χ4v) is 2.52. The lowest BCUT2D eigenvalue weighted by molar-refractivity contribution is -0.139. The minimum Gasteiger partial charge on any atom is -0.508 e. The lowest BCUT2D eigenvalue weighted by Crippen LogP contribution is -2.21. The normalized spacial score (nSPS) is 18.0. The zero-order chi connectivity index (χ0) is 13.4. The molecule has 19 heavy (non-hydrogen) atoms. The van der Waals surface area contributed by atoms with Crippen molar-refractivity contribution < 1.29 is 15.0 Å². The Kier molecular flexibility index (Phi) is 2.74. The summed E-state index contributed by atoms with van der Waals surface area (Å²) in [5.41, 5.74) is 1.50. The maximum atomic E-state index is 11.2. The number of imidazole rings is 1. The van der Waals surface area contributed by atoms with E-state index in [1.807, 2.05) is 16.8 Å². The molecule has 3 rings (SSSR count). The first-order chi connectivity index (χ1) is 9.15. The molecule has 0 bridgehead atoms. The molecule has 0 saturated carbocycles. The van der Waals surface area contributed by atoms with E-state index in [1.54, 1.807) is 18.2 Å². The summed E-state index contributed by atoms with van der Waals surface area (Å²) in [5, 5.41) is 18.7. The molecule has 1 unspecified atom stereocenters. The topological polar surface area (TPSA) is 75.3 Å². The van der Waals surface area contributed by atoms with Crippen LogP contribution in [-0.4, -0.2) is 25.7 Å². The second-order valence-electron chi connectivity index (χ2n) is 4.76. The summed E-state index contributed by atoms with van der Waals surface area (Å²) >= 11 is 0. The summed E-state index contributed by atoms with van der Waals surface area (Å²) < 4.78 is 1.90. The molecule has 5 nitrogen and oxygen atoms in total. The fraction of sp³-hybridized carbons (Fsp3) is 0.286. The number of carbonyl (C=O) groups is 1. The van der Waals surface area contributed by atoms with E-state index in [0.29, 0.717) is 17.9 Å². The lowest BCUT2D eigenvalue weighted by atomic mass is 9.99. The first-order valence-corrected chi connectivity index (χ1v) is 6.24. The molecule has 0 amide bonds. The van der Waals surface area contributed by atoms with Crippen LogP contribution in [0.15, 0.2) is 30.5 Å². The molecule has 2 heterocycles. The number of aliphatic carboxylic acids is 1. The van der Waals surface area contributed by atoms with E-state index in [2.05, 4.69) is 4.98 Å². The summed E-state index contributed by atoms with van der Waals surface area (Å²) in [7, 11) is 0. The summed E-state index contributed by atoms with van der Waals surface area (Å²) in [6.45, 7) is 0.797. The molecule has 1 aromatic carbocycles. The van der Waals surface area contributed by atoms with Gasteiger partial charge in [-0.05, 0) is 25.0 Å². The van der Waals surface area contributed by atoms with Gasteiger partial charge in [-0.1, -0.05) is 12.1 Å². The number of benzene rings is 1. The number of aryl methyl sites for hydroxylation is 1. The molecule has 0 spiro atoms. The van der Waals surface area contributed by atoms with E-state index in [0.717, 1.165) is 18.5 Å². The van der Waals surface area contributed by atoms with Crippen molar-refractivity contribution in [3.63, 3.8) is 0 Å². The third-order valence-corrected chi connectivity index (χ3v) is 3.45. The van der Waals surface area contributed by atoms with Crippen LogP contribution in [-0.2, 0) is 11.3 Å². The van der Waals surface area contributed by atoms with Gasteiger partial charge in [0.1, 0.15) is 17.5 Å². The van der Waals surface area contributed by atoms with Crippen LogP contribution in [0.4, 0.5) is 0 Å². The average molecular weight is 258 g/mol. The molecule has 98 valence electrons. The van der Waals surface area contributed by atoms with Crippen molar-refractivity contribution in [2.45, 2.75) is 25.3 Å². The Balaban J connectivity index is 2.04. The predicted octanol–water partition coefficient (Wildman–Crippen LogP) is 2.22. The Hall–Kier alpha value is -2.30. The maximum Gasteiger partial charge on any atom is 0.314 e. The number of aromatic hydroxyl groups is 1. The average Bonchev–Trinajstić information content (AvgIpc) is 2.82. The second-order valence-corrected chi connectivity index (χ2v) is 4.76. The van der Waals surface area contributed by atoms with Crippen LogP contribution in [0.1, 0.15) is 24.6 Å². The van der Waals surface area contributed by atoms with Crippen molar-refractivity contribution in [3.8, 4) is 17.0 Å². The van der Waals surface area contributed by atoms with Crippen molar-refractivity contribution in [2.24, 2.45) is 0 Å². The predicted molar refractivity (Wildman–Crippen MR) is 68.9 cm³/mol. The number of rotatable bonds is 2. The number of hydrogen-bond donors (Lipinski definition) is 2. The van der Waals surface area contributed by atoms with Gasteiger partial charge in [-0.25, -0.2) is 4.98 Å². The van der Waals surface area contributed by atoms with Crippen LogP contribution in [0, 0.1) is 0 Å². The van der Waals surface area contributed by atoms with Crippen molar-refractivity contribution in [1.29, 1.82) is 0 Å². The molecule has 2 N–H and O–H groups in total. The van der Waals surface area contributed by atoms with Crippen LogP contribution in [0.25, 0.3) is 11.3 Å². The van der Waals surface area contributed by atoms with Gasteiger partial charge in [0.05, 0.1) is 5.69 Å². The van der Waals surface area contributed by atoms with Crippen LogP contribution >= 0.6 is 0 Å². The molecule has 0 fully saturated rings. The zero-order valence-electron chi connectivity index (χ0n) is 10.3. The molecular weight excluding hydrogens is 244 g/mol. The molecular formula is C14H14N2O3. The lowest BCUT2D eigenvalue weighted by Gasteiger charge is -2.19. The highest BCUT2D eigenvalue weighted by Gasteiger charge is 2.28. The molecule has 1 atom stereocenters. The third-order valence-electron chi connectivity index (χ3n) is 3.45. The van der Waals surface area contributed by atoms with Gasteiger partial charge in [-0.2, -0.15) is 0 Å². The second kappa shape index (κ2) is 4.42. The quantitative estimate of drug-likeness (QED) is 0.866. The largest absolute Gasteiger partial charge is 0.508 e. The number of nitrogens with zero attached hydrogens (tertiary/aromatic N) is 2. The van der Waals surface area contributed by atoms with E-state index in [9.17, 15) is 15.0 Å². The molecule has 0 aliphatic carbocycles. The highest BCUT2D eigenvalue weighted by Crippen LogP contribution is 2.30. The summed E-state index contributed by atoms with van der Waals surface area (Å²) in [5.74, 6) is -0.566. The highest BCUT2D eigenvalue weighted by molar-refractivity contribution is 5.75. The van der Waals surface area contributed by atoms with E-state index in [1.165, 1.54) is 0 Å². The summed E-state index contributed by atoms with van der Waals surface area (Å²) in [6, 6.07) is 6.82. The number of aromatic nitrogens is 2. The number of phenolic OH excluding ortho intramolecular Hbond substituents is 1. The van der Waals surface area contributed by atoms with E-state index >= 15 is 0 Å². The van der Waals surface area contributed by atoms with Crippen LogP contribution in [0.5, 0.6) is 5.75 Å². The molecule has 1 aliphatic heterocycles. The van der Waals surface area contributed by atoms with Crippen molar-refractivity contribution in [3.05, 3.63) is 36.3 Å². The number of phenols is 1. The van der Waals surface area contributed by atoms with Crippen molar-refractivity contribution in [2.75, 3.05) is 0 Å². The molecule has 1 aromatic heterocycles. The molecule has 0 saturated heterocycles. The Morgan fingerprint density at radius 3 is 3.00 bits per heavy atom. The summed E-state index contributed by atoms with van der Waals surface area (Å²) in [4.78, 5) is 15.7. The monoisotopic (exact) mass is 258 g/mol. The zero-order valence-corrected chi connectivity index (χ0v) is 10.3. The first kappa shape index (κ1) is 11.8. The fourth-order valence-electron chi connectivity index (χ4n) is 2.52. The molecule has 1 aliphatic rings. The van der Waals surface area contributed by atoms with E-state index < -0.39 is 11.9 Å². The van der Waals surface area contributed by atoms with E-state index in [4.69, 9.17) is 0 Å². The van der Waals surface area contributed by atoms with Gasteiger partial charge < -0.3 is 14.8 Å². The minimum absolute atomic E-state index is 0.179. The van der Waals surface area contributed by atoms with Gasteiger partial charge in [0.2, 0.25) is 0 Å². The summed E-state index contributed by atoms with van der Waals surface area (Å²) in [6.07, 6.45) is 3.34. The number of carboxylic acids is 1. The van der Waals surface area contributed by atoms with Crippen LogP contribution in [0.2, 0.25) is 0 Å². The molecule has 2 aromatic rings. The van der Waals surface area contributed by atoms with Crippen LogP contribution in [0.3, 0.4) is 0 Å². The van der Waals surface area contributed by atoms with Gasteiger partial charge in [0, 0.05) is 18.3 Å². The van der Waals surface area contributed by atoms with Crippen molar-refractivity contribution in [1.82, 2.24) is 9.55 Å². The first-order valence-electron chi connectivity index (χ1n) is 6.24. The molecule has 5 heteroatoms. The number of carboxylic acid groups (broad SMARTS) is 1. The van der Waals surface area contributed by atoms with Gasteiger partial charge in [0.15, 0.2) is 0 Å². The Morgan fingerprint density at radius 2 is 2.26 bits per heavy atom. The smallest absolute Gasteiger partial charge is 0.314 e. The third kappa shape index (κ3) is 2.07. The van der Waals surface area contributed by atoms with Gasteiger partial charge in [-0.3, -0.25) is 4.79 Å². The number of fused-ring (bicyclic) bond motifs is 1. The van der Waals surface area contributed by atoms with Gasteiger partial charge in [-0.15, -0.1) is 0 Å². The van der Waals surface area contributed by atoms with Crippen molar-refractivity contribution >= 4 is 5.97 Å². The van der Waals surface area contributed by atoms with E-state index in [-0.39, 0.29) is 5.75 Å². The standard InChI is InChI=1S/C14H14N2O3/c17-10-4-1-3-9(7-10)12-8-16-6-2-5-11(14(18)19)13(16)15-12/h1,3-4,7-8,11,17H,2,5-6H2,(H,18,19). The van der Waals surface area contributed by atoms with Gasteiger partial charge in [0.25, 0.3) is 0 Å². The molecule has 0 radical (unpaired) electrons. The highest BCUT2D eigenvalue weighted by atomic mass is 16.4. The van der Waals surface area contributed by atoms with Gasteiger partial charge >= 0.3 is 5.97 Å². The van der Waals surface area contributed by atoms with Crippen LogP contribution < -0.4 is 0 Å². The Bertz CT molecular complexity index is 633. The SMILES string of the molecule is O=C(O)C1CCCn2cc(-c3cccc(O)c3)nc21. The Labute approximate surface area is 110 Å². The number of hydrogen-bond acceptors (Lipinski definition) is 3. The minimum atomic E-state index is -0.825. The maximum absolute atomic E-state index is 11.2. The Morgan fingerprint density at radius 1 is 1.42 bits per heavy atom.